The lowest BCUT2D eigenvalue weighted by atomic mass is 9.97. The molecule has 0 bridgehead atoms. The Morgan fingerprint density at radius 2 is 1.88 bits per heavy atom. The van der Waals surface area contributed by atoms with Gasteiger partial charge in [0.2, 0.25) is 0 Å². The van der Waals surface area contributed by atoms with E-state index in [-0.39, 0.29) is 0 Å². The highest BCUT2D eigenvalue weighted by Gasteiger charge is 2.20. The molecule has 0 fully saturated rings. The van der Waals surface area contributed by atoms with Crippen LogP contribution in [-0.4, -0.2) is 9.76 Å². The number of benzene rings is 1. The molecule has 1 aromatic heterocycles. The lowest BCUT2D eigenvalue weighted by molar-refractivity contribution is 0.0972. The minimum absolute atomic E-state index is 0.290. The average molecular weight is 243 g/mol. The van der Waals surface area contributed by atoms with E-state index in [4.69, 9.17) is 0 Å². The quantitative estimate of drug-likeness (QED) is 0.804. The van der Waals surface area contributed by atoms with E-state index in [2.05, 4.69) is 16.1 Å². The second-order valence-electron chi connectivity index (χ2n) is 4.18. The number of nitrogens with zero attached hydrogens (tertiary/aromatic N) is 1. The van der Waals surface area contributed by atoms with Gasteiger partial charge in [0.25, 0.3) is 0 Å². The van der Waals surface area contributed by atoms with E-state index in [1.165, 1.54) is 10.6 Å². The van der Waals surface area contributed by atoms with Gasteiger partial charge in [-0.1, -0.05) is 18.2 Å². The number of rotatable bonds is 2. The van der Waals surface area contributed by atoms with Gasteiger partial charge in [0.1, 0.15) is 0 Å². The van der Waals surface area contributed by atoms with Crippen LogP contribution in [-0.2, 0) is 6.42 Å². The van der Waals surface area contributed by atoms with Crippen molar-refractivity contribution in [1.82, 2.24) is 3.97 Å². The molecule has 1 aliphatic rings. The summed E-state index contributed by atoms with van der Waals surface area (Å²) in [5, 5.41) is 0. The molecule has 0 atom stereocenters. The van der Waals surface area contributed by atoms with E-state index in [9.17, 15) is 4.79 Å². The van der Waals surface area contributed by atoms with Crippen molar-refractivity contribution >= 4 is 17.7 Å². The Hall–Kier alpha value is -1.48. The number of ketones is 1. The van der Waals surface area contributed by atoms with Crippen LogP contribution in [0.2, 0.25) is 0 Å². The molecule has 0 radical (unpaired) electrons. The van der Waals surface area contributed by atoms with Crippen molar-refractivity contribution < 1.29 is 4.79 Å². The van der Waals surface area contributed by atoms with E-state index in [0.717, 1.165) is 18.4 Å². The molecule has 0 N–H and O–H groups in total. The van der Waals surface area contributed by atoms with Crippen molar-refractivity contribution in [3.8, 4) is 0 Å². The van der Waals surface area contributed by atoms with Crippen LogP contribution in [0.5, 0.6) is 0 Å². The van der Waals surface area contributed by atoms with Crippen LogP contribution in [0.25, 0.3) is 0 Å². The van der Waals surface area contributed by atoms with Gasteiger partial charge in [-0.25, -0.2) is 0 Å². The topological polar surface area (TPSA) is 22.0 Å². The van der Waals surface area contributed by atoms with Crippen LogP contribution in [0.15, 0.2) is 47.5 Å². The van der Waals surface area contributed by atoms with Gasteiger partial charge < -0.3 is 0 Å². The first-order chi connectivity index (χ1) is 8.34. The van der Waals surface area contributed by atoms with E-state index in [1.807, 2.05) is 30.5 Å². The summed E-state index contributed by atoms with van der Waals surface area (Å²) in [6, 6.07) is 12.2. The number of carbonyl (C=O) groups is 1. The lowest BCUT2D eigenvalue weighted by Gasteiger charge is -2.13. The summed E-state index contributed by atoms with van der Waals surface area (Å²) in [4.78, 5) is 12.9. The molecule has 0 amide bonds. The Kier molecular flexibility index (Phi) is 2.77. The van der Waals surface area contributed by atoms with Gasteiger partial charge in [-0.3, -0.25) is 8.77 Å². The normalized spacial score (nSPS) is 14.7. The molecule has 0 saturated heterocycles. The number of aromatic nitrogens is 1. The van der Waals surface area contributed by atoms with Crippen LogP contribution >= 0.6 is 11.9 Å². The second kappa shape index (κ2) is 4.41. The van der Waals surface area contributed by atoms with Gasteiger partial charge in [-0.05, 0) is 43.0 Å². The number of carbonyl (C=O) groups excluding carboxylic acids is 1. The van der Waals surface area contributed by atoms with Gasteiger partial charge in [-0.2, -0.15) is 0 Å². The van der Waals surface area contributed by atoms with Crippen LogP contribution in [0.4, 0.5) is 0 Å². The minimum atomic E-state index is 0.290. The molecule has 2 aromatic rings. The molecule has 3 heteroatoms. The SMILES string of the molecule is O=C1CCCc2c1ccn2Sc1ccccc1. The standard InChI is InChI=1S/C14H13NOS/c16-14-8-4-7-13-12(14)9-10-15(13)17-11-5-2-1-3-6-11/h1-3,5-6,9-10H,4,7-8H2. The summed E-state index contributed by atoms with van der Waals surface area (Å²) < 4.78 is 2.13. The van der Waals surface area contributed by atoms with E-state index < -0.39 is 0 Å². The first kappa shape index (κ1) is 10.7. The molecule has 17 heavy (non-hydrogen) atoms. The van der Waals surface area contributed by atoms with E-state index in [0.29, 0.717) is 12.2 Å². The summed E-state index contributed by atoms with van der Waals surface area (Å²) >= 11 is 1.68. The Bertz CT molecular complexity index is 545. The Morgan fingerprint density at radius 3 is 2.71 bits per heavy atom. The van der Waals surface area contributed by atoms with Crippen molar-refractivity contribution in [1.29, 1.82) is 0 Å². The second-order valence-corrected chi connectivity index (χ2v) is 5.23. The largest absolute Gasteiger partial charge is 0.294 e. The molecule has 3 rings (SSSR count). The molecular weight excluding hydrogens is 230 g/mol. The molecule has 1 aliphatic carbocycles. The molecular formula is C14H13NOS. The van der Waals surface area contributed by atoms with Crippen LogP contribution in [0.1, 0.15) is 28.9 Å². The maximum Gasteiger partial charge on any atom is 0.164 e. The van der Waals surface area contributed by atoms with Crippen molar-refractivity contribution in [3.63, 3.8) is 0 Å². The molecule has 0 saturated carbocycles. The lowest BCUT2D eigenvalue weighted by Crippen LogP contribution is -2.10. The van der Waals surface area contributed by atoms with Crippen LogP contribution < -0.4 is 0 Å². The zero-order valence-electron chi connectivity index (χ0n) is 9.43. The maximum absolute atomic E-state index is 11.7. The zero-order chi connectivity index (χ0) is 11.7. The molecule has 1 aromatic carbocycles. The third-order valence-electron chi connectivity index (χ3n) is 3.02. The number of Topliss-reactive ketones (excluding diaryl/α,β-unsaturated/α-hetero) is 1. The van der Waals surface area contributed by atoms with Gasteiger partial charge in [0.15, 0.2) is 5.78 Å². The fourth-order valence-electron chi connectivity index (χ4n) is 2.18. The zero-order valence-corrected chi connectivity index (χ0v) is 10.2. The molecule has 2 nitrogen and oxygen atoms in total. The molecule has 1 heterocycles. The van der Waals surface area contributed by atoms with Crippen molar-refractivity contribution in [2.45, 2.75) is 24.2 Å². The predicted octanol–water partition coefficient (Wildman–Crippen LogP) is 3.56. The van der Waals surface area contributed by atoms with E-state index >= 15 is 0 Å². The number of hydrogen-bond acceptors (Lipinski definition) is 2. The number of hydrogen-bond donors (Lipinski definition) is 0. The molecule has 0 spiro atoms. The van der Waals surface area contributed by atoms with Gasteiger partial charge >= 0.3 is 0 Å². The van der Waals surface area contributed by atoms with Gasteiger partial charge in [0, 0.05) is 28.8 Å². The molecule has 0 aliphatic heterocycles. The minimum Gasteiger partial charge on any atom is -0.294 e. The number of fused-ring (bicyclic) bond motifs is 1. The summed E-state index contributed by atoms with van der Waals surface area (Å²) in [5.74, 6) is 0.290. The summed E-state index contributed by atoms with van der Waals surface area (Å²) in [6.45, 7) is 0. The fraction of sp³-hybridized carbons (Fsp3) is 0.214. The monoisotopic (exact) mass is 243 g/mol. The molecule has 0 unspecified atom stereocenters. The smallest absolute Gasteiger partial charge is 0.164 e. The highest BCUT2D eigenvalue weighted by Crippen LogP contribution is 2.29. The summed E-state index contributed by atoms with van der Waals surface area (Å²) in [6.07, 6.45) is 4.69. The highest BCUT2D eigenvalue weighted by atomic mass is 32.2. The fourth-order valence-corrected chi connectivity index (χ4v) is 3.10. The van der Waals surface area contributed by atoms with E-state index in [1.54, 1.807) is 11.9 Å². The third-order valence-corrected chi connectivity index (χ3v) is 4.04. The summed E-state index contributed by atoms with van der Waals surface area (Å²) in [5.41, 5.74) is 2.09. The average Bonchev–Trinajstić information content (AvgIpc) is 2.76. The van der Waals surface area contributed by atoms with Gasteiger partial charge in [0.05, 0.1) is 0 Å². The van der Waals surface area contributed by atoms with Crippen molar-refractivity contribution in [3.05, 3.63) is 53.9 Å². The Labute approximate surface area is 105 Å². The summed E-state index contributed by atoms with van der Waals surface area (Å²) in [7, 11) is 0. The van der Waals surface area contributed by atoms with Crippen LogP contribution in [0, 0.1) is 0 Å². The van der Waals surface area contributed by atoms with Crippen molar-refractivity contribution in [2.75, 3.05) is 0 Å². The van der Waals surface area contributed by atoms with Crippen molar-refractivity contribution in [2.24, 2.45) is 0 Å². The Morgan fingerprint density at radius 1 is 1.06 bits per heavy atom. The maximum atomic E-state index is 11.7. The van der Waals surface area contributed by atoms with Gasteiger partial charge in [-0.15, -0.1) is 0 Å². The first-order valence-electron chi connectivity index (χ1n) is 5.81. The van der Waals surface area contributed by atoms with Crippen LogP contribution in [0.3, 0.4) is 0 Å². The molecule has 86 valence electrons. The third kappa shape index (κ3) is 2.03. The highest BCUT2D eigenvalue weighted by molar-refractivity contribution is 7.97. The first-order valence-corrected chi connectivity index (χ1v) is 6.59. The predicted molar refractivity (Wildman–Crippen MR) is 69.4 cm³/mol. The Balaban J connectivity index is 1.92.